The second-order valence-corrected chi connectivity index (χ2v) is 3.83. The van der Waals surface area contributed by atoms with Crippen molar-refractivity contribution in [1.82, 2.24) is 5.32 Å². The van der Waals surface area contributed by atoms with Crippen molar-refractivity contribution in [2.45, 2.75) is 13.3 Å². The molecule has 1 aromatic carbocycles. The highest BCUT2D eigenvalue weighted by Gasteiger charge is 2.03. The van der Waals surface area contributed by atoms with E-state index in [2.05, 4.69) is 10.3 Å². The lowest BCUT2D eigenvalue weighted by Crippen LogP contribution is -2.12. The monoisotopic (exact) mass is 235 g/mol. The van der Waals surface area contributed by atoms with Crippen molar-refractivity contribution >= 4 is 22.6 Å². The summed E-state index contributed by atoms with van der Waals surface area (Å²) >= 11 is 1.32. The van der Waals surface area contributed by atoms with E-state index in [1.54, 1.807) is 12.3 Å². The Kier molecular flexibility index (Phi) is 4.67. The van der Waals surface area contributed by atoms with Crippen molar-refractivity contribution < 1.29 is 5.11 Å². The molecule has 0 aromatic heterocycles. The molecule has 0 saturated heterocycles. The summed E-state index contributed by atoms with van der Waals surface area (Å²) in [5.41, 5.74) is 1.57. The van der Waals surface area contributed by atoms with Crippen molar-refractivity contribution in [3.8, 4) is 11.9 Å². The third-order valence-electron chi connectivity index (χ3n) is 2.03. The first kappa shape index (κ1) is 12.4. The summed E-state index contributed by atoms with van der Waals surface area (Å²) in [5, 5.41) is 21.0. The van der Waals surface area contributed by atoms with Crippen LogP contribution in [0.2, 0.25) is 0 Å². The standard InChI is InChI=1S/C11H13N3OS/c1-3-8-4-5-10(15)9(6-8)14-11(16-2)13-7-12/h4-6,15H,3H2,1-2H3,(H,13,14). The molecule has 0 radical (unpaired) electrons. The lowest BCUT2D eigenvalue weighted by molar-refractivity contribution is 0.476. The predicted molar refractivity (Wildman–Crippen MR) is 66.8 cm³/mol. The van der Waals surface area contributed by atoms with Crippen molar-refractivity contribution in [1.29, 1.82) is 5.26 Å². The Hall–Kier alpha value is -1.67. The SMILES string of the molecule is CCc1ccc(O)c(N=C(NC#N)SC)c1. The third kappa shape index (κ3) is 3.17. The molecule has 2 N–H and O–H groups in total. The lowest BCUT2D eigenvalue weighted by Gasteiger charge is -2.04. The Bertz CT molecular complexity index is 437. The second-order valence-electron chi connectivity index (χ2n) is 3.03. The maximum atomic E-state index is 9.62. The maximum absolute atomic E-state index is 9.62. The highest BCUT2D eigenvalue weighted by atomic mass is 32.2. The number of aliphatic imine (C=N–C) groups is 1. The van der Waals surface area contributed by atoms with Crippen molar-refractivity contribution in [3.63, 3.8) is 0 Å². The minimum absolute atomic E-state index is 0.114. The Labute approximate surface area is 99.0 Å². The smallest absolute Gasteiger partial charge is 0.183 e. The van der Waals surface area contributed by atoms with Gasteiger partial charge in [0.25, 0.3) is 0 Å². The number of phenols is 1. The normalized spacial score (nSPS) is 10.9. The van der Waals surface area contributed by atoms with Crippen LogP contribution in [-0.2, 0) is 6.42 Å². The minimum atomic E-state index is 0.114. The van der Waals surface area contributed by atoms with Crippen LogP contribution in [0.1, 0.15) is 12.5 Å². The summed E-state index contributed by atoms with van der Waals surface area (Å²) in [7, 11) is 0. The molecule has 0 atom stereocenters. The van der Waals surface area contributed by atoms with Crippen LogP contribution >= 0.6 is 11.8 Å². The van der Waals surface area contributed by atoms with Gasteiger partial charge in [-0.15, -0.1) is 0 Å². The van der Waals surface area contributed by atoms with E-state index in [9.17, 15) is 5.11 Å². The van der Waals surface area contributed by atoms with Gasteiger partial charge >= 0.3 is 0 Å². The fourth-order valence-electron chi connectivity index (χ4n) is 1.16. The first-order chi connectivity index (χ1) is 7.71. The fraction of sp³-hybridized carbons (Fsp3) is 0.273. The number of hydrogen-bond acceptors (Lipinski definition) is 4. The molecule has 1 aromatic rings. The number of aromatic hydroxyl groups is 1. The van der Waals surface area contributed by atoms with Crippen LogP contribution in [0.4, 0.5) is 5.69 Å². The van der Waals surface area contributed by atoms with E-state index in [0.717, 1.165) is 12.0 Å². The zero-order valence-electron chi connectivity index (χ0n) is 9.19. The number of nitrogens with one attached hydrogen (secondary N) is 1. The fourth-order valence-corrected chi connectivity index (χ4v) is 1.50. The highest BCUT2D eigenvalue weighted by Crippen LogP contribution is 2.28. The summed E-state index contributed by atoms with van der Waals surface area (Å²) < 4.78 is 0. The van der Waals surface area contributed by atoms with Gasteiger partial charge in [0.1, 0.15) is 11.4 Å². The molecule has 0 aliphatic rings. The Morgan fingerprint density at radius 1 is 1.62 bits per heavy atom. The van der Waals surface area contributed by atoms with Gasteiger partial charge in [0.05, 0.1) is 0 Å². The molecule has 1 rings (SSSR count). The van der Waals surface area contributed by atoms with Crippen LogP contribution in [0, 0.1) is 11.5 Å². The number of nitriles is 1. The van der Waals surface area contributed by atoms with Crippen LogP contribution in [0.3, 0.4) is 0 Å². The van der Waals surface area contributed by atoms with Crippen molar-refractivity contribution in [2.24, 2.45) is 4.99 Å². The summed E-state index contributed by atoms with van der Waals surface area (Å²) in [4.78, 5) is 4.17. The Morgan fingerprint density at radius 3 is 2.94 bits per heavy atom. The summed E-state index contributed by atoms with van der Waals surface area (Å²) in [6, 6.07) is 5.28. The molecular formula is C11H13N3OS. The van der Waals surface area contributed by atoms with E-state index >= 15 is 0 Å². The molecule has 5 heteroatoms. The van der Waals surface area contributed by atoms with Gasteiger partial charge in [0.2, 0.25) is 0 Å². The number of phenolic OH excluding ortho intramolecular Hbond substituents is 1. The molecule has 0 saturated carbocycles. The van der Waals surface area contributed by atoms with Crippen LogP contribution in [0.5, 0.6) is 5.75 Å². The molecule has 0 unspecified atom stereocenters. The van der Waals surface area contributed by atoms with E-state index in [4.69, 9.17) is 5.26 Å². The topological polar surface area (TPSA) is 68.4 Å². The second kappa shape index (κ2) is 6.03. The average Bonchev–Trinajstić information content (AvgIpc) is 2.31. The molecule has 0 aliphatic heterocycles. The number of rotatable bonds is 2. The van der Waals surface area contributed by atoms with Gasteiger partial charge < -0.3 is 5.11 Å². The van der Waals surface area contributed by atoms with Crippen LogP contribution in [-0.4, -0.2) is 16.5 Å². The van der Waals surface area contributed by atoms with Gasteiger partial charge in [-0.3, -0.25) is 5.32 Å². The number of amidine groups is 1. The van der Waals surface area contributed by atoms with Gasteiger partial charge in [-0.1, -0.05) is 24.8 Å². The number of benzene rings is 1. The predicted octanol–water partition coefficient (Wildman–Crippen LogP) is 2.38. The zero-order chi connectivity index (χ0) is 12.0. The van der Waals surface area contributed by atoms with E-state index in [1.165, 1.54) is 11.8 Å². The number of thioether (sulfide) groups is 1. The summed E-state index contributed by atoms with van der Waals surface area (Å²) in [5.74, 6) is 0.114. The van der Waals surface area contributed by atoms with E-state index in [-0.39, 0.29) is 5.75 Å². The molecule has 0 fully saturated rings. The van der Waals surface area contributed by atoms with Crippen molar-refractivity contribution in [2.75, 3.05) is 6.26 Å². The van der Waals surface area contributed by atoms with Gasteiger partial charge in [-0.25, -0.2) is 4.99 Å². The van der Waals surface area contributed by atoms with E-state index in [0.29, 0.717) is 10.9 Å². The number of aryl methyl sites for hydroxylation is 1. The summed E-state index contributed by atoms with van der Waals surface area (Å²) in [6.07, 6.45) is 4.49. The molecule has 0 heterocycles. The van der Waals surface area contributed by atoms with Crippen LogP contribution < -0.4 is 5.32 Å². The largest absolute Gasteiger partial charge is 0.506 e. The minimum Gasteiger partial charge on any atom is -0.506 e. The van der Waals surface area contributed by atoms with E-state index < -0.39 is 0 Å². The third-order valence-corrected chi connectivity index (χ3v) is 2.61. The van der Waals surface area contributed by atoms with E-state index in [1.807, 2.05) is 25.3 Å². The molecule has 0 bridgehead atoms. The number of nitrogens with zero attached hydrogens (tertiary/aromatic N) is 2. The average molecular weight is 235 g/mol. The van der Waals surface area contributed by atoms with Crippen molar-refractivity contribution in [3.05, 3.63) is 23.8 Å². The van der Waals surface area contributed by atoms with Gasteiger partial charge in [-0.05, 0) is 30.4 Å². The zero-order valence-corrected chi connectivity index (χ0v) is 10.0. The molecular weight excluding hydrogens is 222 g/mol. The Morgan fingerprint density at radius 2 is 2.38 bits per heavy atom. The molecule has 0 aliphatic carbocycles. The van der Waals surface area contributed by atoms with Gasteiger partial charge in [0, 0.05) is 0 Å². The molecule has 0 spiro atoms. The van der Waals surface area contributed by atoms with Crippen LogP contribution in [0.25, 0.3) is 0 Å². The number of hydrogen-bond donors (Lipinski definition) is 2. The summed E-state index contributed by atoms with van der Waals surface area (Å²) in [6.45, 7) is 2.03. The first-order valence-corrected chi connectivity index (χ1v) is 6.03. The van der Waals surface area contributed by atoms with Crippen LogP contribution in [0.15, 0.2) is 23.2 Å². The Balaban J connectivity index is 3.07. The quantitative estimate of drug-likeness (QED) is 0.357. The lowest BCUT2D eigenvalue weighted by atomic mass is 10.1. The molecule has 84 valence electrons. The molecule has 0 amide bonds. The first-order valence-electron chi connectivity index (χ1n) is 4.81. The maximum Gasteiger partial charge on any atom is 0.183 e. The highest BCUT2D eigenvalue weighted by molar-refractivity contribution is 8.13. The van der Waals surface area contributed by atoms with Gasteiger partial charge in [-0.2, -0.15) is 5.26 Å². The van der Waals surface area contributed by atoms with Gasteiger partial charge in [0.15, 0.2) is 11.4 Å². The molecule has 4 nitrogen and oxygen atoms in total. The molecule has 16 heavy (non-hydrogen) atoms.